The molecule has 4 heteroatoms. The highest BCUT2D eigenvalue weighted by molar-refractivity contribution is 9.10. The van der Waals surface area contributed by atoms with Crippen molar-refractivity contribution in [2.45, 2.75) is 13.5 Å². The first kappa shape index (κ1) is 15.1. The summed E-state index contributed by atoms with van der Waals surface area (Å²) < 4.78 is 0.844. The molecular formula is C16H15BrClNO. The number of nitrogens with zero attached hydrogens (tertiary/aromatic N) is 1. The topological polar surface area (TPSA) is 20.3 Å². The number of halogens is 2. The molecule has 20 heavy (non-hydrogen) atoms. The first-order chi connectivity index (χ1) is 9.50. The number of benzene rings is 2. The number of aryl methyl sites for hydroxylation is 1. The Bertz CT molecular complexity index is 642. The monoisotopic (exact) mass is 351 g/mol. The third-order valence-corrected chi connectivity index (χ3v) is 4.56. The smallest absolute Gasteiger partial charge is 0.255 e. The zero-order valence-corrected chi connectivity index (χ0v) is 13.7. The fraction of sp³-hybridized carbons (Fsp3) is 0.188. The van der Waals surface area contributed by atoms with Gasteiger partial charge in [0.15, 0.2) is 0 Å². The fourth-order valence-corrected chi connectivity index (χ4v) is 2.60. The molecule has 104 valence electrons. The second kappa shape index (κ2) is 6.42. The van der Waals surface area contributed by atoms with E-state index in [-0.39, 0.29) is 5.91 Å². The highest BCUT2D eigenvalue weighted by atomic mass is 79.9. The molecule has 0 heterocycles. The largest absolute Gasteiger partial charge is 0.337 e. The van der Waals surface area contributed by atoms with Crippen molar-refractivity contribution >= 4 is 33.4 Å². The molecule has 0 aliphatic heterocycles. The van der Waals surface area contributed by atoms with E-state index in [4.69, 9.17) is 11.6 Å². The third-order valence-electron chi connectivity index (χ3n) is 3.13. The molecule has 0 saturated heterocycles. The minimum absolute atomic E-state index is 0.0273. The van der Waals surface area contributed by atoms with Crippen LogP contribution in [0.25, 0.3) is 0 Å². The van der Waals surface area contributed by atoms with E-state index in [2.05, 4.69) is 15.9 Å². The average Bonchev–Trinajstić information content (AvgIpc) is 2.43. The SMILES string of the molecule is Cc1cccc(C(=O)N(C)Cc2ccccc2Cl)c1Br. The average molecular weight is 353 g/mol. The molecule has 1 amide bonds. The Hall–Kier alpha value is -1.32. The lowest BCUT2D eigenvalue weighted by atomic mass is 10.1. The van der Waals surface area contributed by atoms with Crippen LogP contribution in [0.4, 0.5) is 0 Å². The molecule has 0 N–H and O–H groups in total. The van der Waals surface area contributed by atoms with E-state index in [1.165, 1.54) is 0 Å². The van der Waals surface area contributed by atoms with Crippen LogP contribution in [0.3, 0.4) is 0 Å². The molecule has 0 aliphatic rings. The molecule has 2 nitrogen and oxygen atoms in total. The molecule has 0 aromatic heterocycles. The van der Waals surface area contributed by atoms with E-state index < -0.39 is 0 Å². The zero-order valence-electron chi connectivity index (χ0n) is 11.4. The van der Waals surface area contributed by atoms with E-state index in [9.17, 15) is 4.79 Å². The summed E-state index contributed by atoms with van der Waals surface area (Å²) in [6.45, 7) is 2.45. The molecule has 0 fully saturated rings. The Morgan fingerprint density at radius 2 is 1.90 bits per heavy atom. The Kier molecular flexibility index (Phi) is 4.84. The minimum atomic E-state index is -0.0273. The summed E-state index contributed by atoms with van der Waals surface area (Å²) in [7, 11) is 1.78. The Balaban J connectivity index is 2.21. The van der Waals surface area contributed by atoms with Crippen molar-refractivity contribution in [1.82, 2.24) is 4.90 Å². The van der Waals surface area contributed by atoms with Crippen LogP contribution in [0.2, 0.25) is 5.02 Å². The maximum Gasteiger partial charge on any atom is 0.255 e. The van der Waals surface area contributed by atoms with Crippen molar-refractivity contribution in [3.05, 3.63) is 68.7 Å². The van der Waals surface area contributed by atoms with Gasteiger partial charge in [-0.3, -0.25) is 4.79 Å². The van der Waals surface area contributed by atoms with Crippen molar-refractivity contribution in [1.29, 1.82) is 0 Å². The summed E-state index contributed by atoms with van der Waals surface area (Å²) in [5.74, 6) is -0.0273. The van der Waals surface area contributed by atoms with Crippen LogP contribution in [0.5, 0.6) is 0 Å². The van der Waals surface area contributed by atoms with Gasteiger partial charge < -0.3 is 4.90 Å². The highest BCUT2D eigenvalue weighted by Gasteiger charge is 2.16. The molecule has 0 saturated carbocycles. The predicted octanol–water partition coefficient (Wildman–Crippen LogP) is 4.68. The van der Waals surface area contributed by atoms with Gasteiger partial charge in [-0.05, 0) is 46.1 Å². The van der Waals surface area contributed by atoms with E-state index in [1.807, 2.05) is 49.4 Å². The number of carbonyl (C=O) groups excluding carboxylic acids is 1. The van der Waals surface area contributed by atoms with Gasteiger partial charge in [0.05, 0.1) is 5.56 Å². The van der Waals surface area contributed by atoms with Crippen molar-refractivity contribution < 1.29 is 4.79 Å². The van der Waals surface area contributed by atoms with Gasteiger partial charge in [-0.15, -0.1) is 0 Å². The second-order valence-corrected chi connectivity index (χ2v) is 5.89. The van der Waals surface area contributed by atoms with E-state index in [0.29, 0.717) is 17.1 Å². The molecule has 0 bridgehead atoms. The van der Waals surface area contributed by atoms with Gasteiger partial charge in [0.25, 0.3) is 5.91 Å². The summed E-state index contributed by atoms with van der Waals surface area (Å²) in [4.78, 5) is 14.2. The molecule has 0 unspecified atom stereocenters. The lowest BCUT2D eigenvalue weighted by molar-refractivity contribution is 0.0784. The number of rotatable bonds is 3. The molecule has 2 aromatic rings. The van der Waals surface area contributed by atoms with Gasteiger partial charge in [-0.2, -0.15) is 0 Å². The van der Waals surface area contributed by atoms with E-state index in [0.717, 1.165) is 15.6 Å². The maximum atomic E-state index is 12.5. The lowest BCUT2D eigenvalue weighted by Crippen LogP contribution is -2.26. The highest BCUT2D eigenvalue weighted by Crippen LogP contribution is 2.23. The lowest BCUT2D eigenvalue weighted by Gasteiger charge is -2.19. The van der Waals surface area contributed by atoms with Crippen LogP contribution >= 0.6 is 27.5 Å². The Labute approximate surface area is 132 Å². The van der Waals surface area contributed by atoms with Crippen molar-refractivity contribution in [2.24, 2.45) is 0 Å². The van der Waals surface area contributed by atoms with E-state index in [1.54, 1.807) is 11.9 Å². The van der Waals surface area contributed by atoms with Gasteiger partial charge in [0.2, 0.25) is 0 Å². The van der Waals surface area contributed by atoms with Crippen LogP contribution in [0.1, 0.15) is 21.5 Å². The normalized spacial score (nSPS) is 10.4. The number of hydrogen-bond donors (Lipinski definition) is 0. The molecule has 0 atom stereocenters. The van der Waals surface area contributed by atoms with Crippen LogP contribution in [-0.2, 0) is 6.54 Å². The molecule has 0 spiro atoms. The maximum absolute atomic E-state index is 12.5. The third kappa shape index (κ3) is 3.22. The number of hydrogen-bond acceptors (Lipinski definition) is 1. The molecular weight excluding hydrogens is 338 g/mol. The summed E-state index contributed by atoms with van der Waals surface area (Å²) in [6, 6.07) is 13.2. The van der Waals surface area contributed by atoms with Crippen LogP contribution < -0.4 is 0 Å². The van der Waals surface area contributed by atoms with Crippen LogP contribution in [-0.4, -0.2) is 17.9 Å². The first-order valence-corrected chi connectivity index (χ1v) is 7.42. The van der Waals surface area contributed by atoms with Crippen molar-refractivity contribution in [3.63, 3.8) is 0 Å². The predicted molar refractivity (Wildman–Crippen MR) is 86.1 cm³/mol. The first-order valence-electron chi connectivity index (χ1n) is 6.24. The van der Waals surface area contributed by atoms with Gasteiger partial charge in [0.1, 0.15) is 0 Å². The van der Waals surface area contributed by atoms with Gasteiger partial charge in [0, 0.05) is 23.1 Å². The van der Waals surface area contributed by atoms with Gasteiger partial charge >= 0.3 is 0 Å². The molecule has 0 radical (unpaired) electrons. The zero-order chi connectivity index (χ0) is 14.7. The number of carbonyl (C=O) groups is 1. The van der Waals surface area contributed by atoms with Gasteiger partial charge in [-0.1, -0.05) is 41.9 Å². The molecule has 0 aliphatic carbocycles. The standard InChI is InChI=1S/C16H15BrClNO/c1-11-6-5-8-13(15(11)17)16(20)19(2)10-12-7-3-4-9-14(12)18/h3-9H,10H2,1-2H3. The van der Waals surface area contributed by atoms with Crippen molar-refractivity contribution in [3.8, 4) is 0 Å². The Morgan fingerprint density at radius 3 is 2.60 bits per heavy atom. The fourth-order valence-electron chi connectivity index (χ4n) is 1.97. The summed E-state index contributed by atoms with van der Waals surface area (Å²) >= 11 is 9.60. The van der Waals surface area contributed by atoms with Crippen molar-refractivity contribution in [2.75, 3.05) is 7.05 Å². The summed E-state index contributed by atoms with van der Waals surface area (Å²) in [5, 5.41) is 0.676. The van der Waals surface area contributed by atoms with Crippen LogP contribution in [0, 0.1) is 6.92 Å². The van der Waals surface area contributed by atoms with Crippen LogP contribution in [0.15, 0.2) is 46.9 Å². The summed E-state index contributed by atoms with van der Waals surface area (Å²) in [5.41, 5.74) is 2.65. The molecule has 2 rings (SSSR count). The minimum Gasteiger partial charge on any atom is -0.337 e. The second-order valence-electron chi connectivity index (χ2n) is 4.69. The Morgan fingerprint density at radius 1 is 1.20 bits per heavy atom. The van der Waals surface area contributed by atoms with E-state index >= 15 is 0 Å². The van der Waals surface area contributed by atoms with Gasteiger partial charge in [-0.25, -0.2) is 0 Å². The number of amides is 1. The quantitative estimate of drug-likeness (QED) is 0.785. The summed E-state index contributed by atoms with van der Waals surface area (Å²) in [6.07, 6.45) is 0. The molecule has 2 aromatic carbocycles.